The van der Waals surface area contributed by atoms with Gasteiger partial charge in [0.1, 0.15) is 33.0 Å². The van der Waals surface area contributed by atoms with Crippen LogP contribution in [0.3, 0.4) is 0 Å². The number of carbonyl (C=O) groups excluding carboxylic acids is 1. The van der Waals surface area contributed by atoms with Gasteiger partial charge in [-0.25, -0.2) is 17.2 Å². The fraction of sp³-hybridized carbons (Fsp3) is 0.587. The van der Waals surface area contributed by atoms with Crippen LogP contribution in [-0.4, -0.2) is 29.6 Å². The van der Waals surface area contributed by atoms with Crippen molar-refractivity contribution in [2.75, 3.05) is 0 Å². The first-order chi connectivity index (χ1) is 27.0. The highest BCUT2D eigenvalue weighted by Gasteiger charge is 2.59. The average molecular weight is 834 g/mol. The molecule has 4 aliphatic rings. The number of phenols is 1. The second kappa shape index (κ2) is 18.7. The van der Waals surface area contributed by atoms with Crippen molar-refractivity contribution in [3.63, 3.8) is 0 Å². The van der Waals surface area contributed by atoms with E-state index in [4.69, 9.17) is 14.6 Å². The first-order valence-corrected chi connectivity index (χ1v) is 22.0. The zero-order valence-corrected chi connectivity index (χ0v) is 36.2. The van der Waals surface area contributed by atoms with E-state index < -0.39 is 50.6 Å². The Labute approximate surface area is 342 Å². The Balaban J connectivity index is 0.000000209. The molecule has 0 aliphatic heterocycles. The number of benzene rings is 3. The van der Waals surface area contributed by atoms with Gasteiger partial charge in [0, 0.05) is 0 Å². The van der Waals surface area contributed by atoms with Crippen LogP contribution in [0.4, 0.5) is 17.6 Å². The predicted octanol–water partition coefficient (Wildman–Crippen LogP) is 11.9. The minimum absolute atomic E-state index is 0.0364. The van der Waals surface area contributed by atoms with Crippen LogP contribution in [0.25, 0.3) is 0 Å². The van der Waals surface area contributed by atoms with Crippen molar-refractivity contribution in [3.8, 4) is 11.5 Å². The van der Waals surface area contributed by atoms with Crippen LogP contribution < -0.4 is 4.74 Å². The molecular weight excluding hydrogens is 773 g/mol. The van der Waals surface area contributed by atoms with Crippen molar-refractivity contribution in [2.45, 2.75) is 149 Å². The molecule has 0 radical (unpaired) electrons. The summed E-state index contributed by atoms with van der Waals surface area (Å²) in [5.41, 5.74) is 2.24. The van der Waals surface area contributed by atoms with E-state index in [1.165, 1.54) is 37.7 Å². The van der Waals surface area contributed by atoms with Crippen LogP contribution in [-0.2, 0) is 31.7 Å². The third-order valence-corrected chi connectivity index (χ3v) is 14.2. The van der Waals surface area contributed by atoms with Gasteiger partial charge < -0.3 is 19.1 Å². The molecule has 322 valence electrons. The molecule has 0 saturated heterocycles. The zero-order valence-electron chi connectivity index (χ0n) is 35.4. The molecule has 1 N–H and O–H groups in total. The summed E-state index contributed by atoms with van der Waals surface area (Å²) in [6.07, 6.45) is 10.6. The molecule has 4 aliphatic carbocycles. The van der Waals surface area contributed by atoms with Gasteiger partial charge in [-0.2, -0.15) is 8.78 Å². The summed E-state index contributed by atoms with van der Waals surface area (Å²) in [6.45, 7) is 18.4. The fourth-order valence-corrected chi connectivity index (χ4v) is 9.26. The van der Waals surface area contributed by atoms with Crippen LogP contribution in [0.15, 0.2) is 53.4 Å². The number of esters is 1. The van der Waals surface area contributed by atoms with Crippen molar-refractivity contribution in [3.05, 3.63) is 88.5 Å². The molecule has 0 heterocycles. The number of hydrogen-bond donors (Lipinski definition) is 1. The maximum absolute atomic E-state index is 13.9. The number of halogens is 4. The van der Waals surface area contributed by atoms with Crippen LogP contribution in [0.5, 0.6) is 11.5 Å². The smallest absolute Gasteiger partial charge is 0.312 e. The molecule has 3 aromatic rings. The monoisotopic (exact) mass is 833 g/mol. The number of aromatic hydroxyl groups is 1. The van der Waals surface area contributed by atoms with E-state index in [2.05, 4.69) is 27.7 Å². The maximum Gasteiger partial charge on any atom is 0.312 e. The first kappa shape index (κ1) is 47.0. The largest absolute Gasteiger partial charge is 0.744 e. The van der Waals surface area contributed by atoms with Gasteiger partial charge in [0.25, 0.3) is 0 Å². The minimum Gasteiger partial charge on any atom is -0.744 e. The maximum atomic E-state index is 13.9. The number of ether oxygens (including phenoxy) is 2. The highest BCUT2D eigenvalue weighted by molar-refractivity contribution is 7.85. The van der Waals surface area contributed by atoms with E-state index in [0.717, 1.165) is 43.1 Å². The van der Waals surface area contributed by atoms with Gasteiger partial charge in [0.2, 0.25) is 11.6 Å². The van der Waals surface area contributed by atoms with E-state index in [1.54, 1.807) is 36.4 Å². The molecule has 7 rings (SSSR count). The number of carbonyl (C=O) groups is 1. The molecule has 12 heteroatoms. The summed E-state index contributed by atoms with van der Waals surface area (Å²) >= 11 is 0. The van der Waals surface area contributed by atoms with Crippen molar-refractivity contribution >= 4 is 16.1 Å². The van der Waals surface area contributed by atoms with Crippen molar-refractivity contribution in [2.24, 2.45) is 29.1 Å². The molecule has 0 aromatic heterocycles. The Morgan fingerprint density at radius 1 is 0.810 bits per heavy atom. The van der Waals surface area contributed by atoms with Gasteiger partial charge >= 0.3 is 5.97 Å². The average Bonchev–Trinajstić information content (AvgIpc) is 3.18. The Bertz CT molecular complexity index is 1920. The molecule has 1 atom stereocenters. The molecule has 4 saturated carbocycles. The third-order valence-electron chi connectivity index (χ3n) is 13.3. The van der Waals surface area contributed by atoms with Crippen molar-refractivity contribution in [1.82, 2.24) is 0 Å². The second-order valence-corrected chi connectivity index (χ2v) is 19.0. The third kappa shape index (κ3) is 10.4. The van der Waals surface area contributed by atoms with Gasteiger partial charge in [-0.3, -0.25) is 4.79 Å². The fourth-order valence-electron chi connectivity index (χ4n) is 8.64. The van der Waals surface area contributed by atoms with E-state index in [9.17, 15) is 35.3 Å². The second-order valence-electron chi connectivity index (χ2n) is 17.7. The van der Waals surface area contributed by atoms with Crippen LogP contribution in [0.1, 0.15) is 143 Å². The van der Waals surface area contributed by atoms with E-state index >= 15 is 0 Å². The Hall–Kier alpha value is -3.64. The van der Waals surface area contributed by atoms with E-state index in [1.807, 2.05) is 46.8 Å². The van der Waals surface area contributed by atoms with Gasteiger partial charge in [0.15, 0.2) is 17.4 Å². The Kier molecular flexibility index (Phi) is 15.2. The molecular formula is C46H61F4O7S-. The molecule has 4 bridgehead atoms. The van der Waals surface area contributed by atoms with E-state index in [0.29, 0.717) is 29.1 Å². The molecule has 7 nitrogen and oxygen atoms in total. The van der Waals surface area contributed by atoms with Gasteiger partial charge in [-0.15, -0.1) is 0 Å². The van der Waals surface area contributed by atoms with Gasteiger partial charge in [-0.05, 0) is 135 Å². The lowest BCUT2D eigenvalue weighted by molar-refractivity contribution is -0.218. The van der Waals surface area contributed by atoms with Gasteiger partial charge in [-0.1, -0.05) is 84.9 Å². The number of phenolic OH excluding ortho intramolecular Hbond substituents is 1. The van der Waals surface area contributed by atoms with Crippen molar-refractivity contribution < 1.29 is 49.9 Å². The summed E-state index contributed by atoms with van der Waals surface area (Å²) in [7, 11) is -5.75. The normalized spacial score (nSPS) is 22.9. The SMILES string of the molecule is CCC(C)(C)C(=O)OC1(CC)C2CC3CC(C2)CC1C3.CCC(C)(C)c1ccc(COc2c(F)c(F)c(S(=O)(=O)[O-])c(F)c2F)cc1.CCC(C)c1ccc(O)cc1. The van der Waals surface area contributed by atoms with Crippen molar-refractivity contribution in [1.29, 1.82) is 0 Å². The lowest BCUT2D eigenvalue weighted by Crippen LogP contribution is -2.60. The molecule has 1 unspecified atom stereocenters. The predicted molar refractivity (Wildman–Crippen MR) is 215 cm³/mol. The van der Waals surface area contributed by atoms with Crippen LogP contribution >= 0.6 is 0 Å². The van der Waals surface area contributed by atoms with E-state index in [-0.39, 0.29) is 22.4 Å². The summed E-state index contributed by atoms with van der Waals surface area (Å²) in [6, 6.07) is 14.3. The molecule has 4 fully saturated rings. The number of rotatable bonds is 12. The Morgan fingerprint density at radius 3 is 1.72 bits per heavy atom. The van der Waals surface area contributed by atoms with Gasteiger partial charge in [0.05, 0.1) is 5.41 Å². The highest BCUT2D eigenvalue weighted by atomic mass is 32.2. The Morgan fingerprint density at radius 2 is 1.31 bits per heavy atom. The molecule has 0 amide bonds. The molecule has 58 heavy (non-hydrogen) atoms. The zero-order chi connectivity index (χ0) is 43.4. The topological polar surface area (TPSA) is 113 Å². The quantitative estimate of drug-likeness (QED) is 0.0836. The van der Waals surface area contributed by atoms with Crippen LogP contribution in [0.2, 0.25) is 0 Å². The first-order valence-electron chi connectivity index (χ1n) is 20.6. The lowest BCUT2D eigenvalue weighted by Gasteiger charge is -2.60. The summed E-state index contributed by atoms with van der Waals surface area (Å²) < 4.78 is 98.7. The molecule has 0 spiro atoms. The highest BCUT2D eigenvalue weighted by Crippen LogP contribution is 2.61. The minimum atomic E-state index is -5.75. The summed E-state index contributed by atoms with van der Waals surface area (Å²) in [5.74, 6) is -6.15. The summed E-state index contributed by atoms with van der Waals surface area (Å²) in [4.78, 5) is 10.4. The number of hydrogen-bond acceptors (Lipinski definition) is 7. The van der Waals surface area contributed by atoms with Crippen LogP contribution in [0, 0.1) is 52.4 Å². The lowest BCUT2D eigenvalue weighted by atomic mass is 9.49. The standard InChI is InChI=1S/C18H18F4O4S.C18H30O2.C10H14O/c1-4-18(2,3)11-7-5-10(6-8-11)9-26-16-12(19)14(21)17(27(23,24)25)15(22)13(16)20;1-5-17(3,4)16(19)20-18(6-2)14-8-12-7-13(10-14)11-15(18)9-12;1-3-8(2)9-4-6-10(11)7-5-9/h5-8H,4,9H2,1-3H3,(H,23,24,25);12-15H,5-11H2,1-4H3;4-8,11H,3H2,1-2H3/p-1. The summed E-state index contributed by atoms with van der Waals surface area (Å²) in [5, 5.41) is 9.01. The molecule has 3 aromatic carbocycles.